The number of aromatic nitrogens is 2. The average molecular weight is 541 g/mol. The summed E-state index contributed by atoms with van der Waals surface area (Å²) >= 11 is 0. The van der Waals surface area contributed by atoms with Crippen LogP contribution in [0, 0.1) is 18.2 Å². The Morgan fingerprint density at radius 1 is 1.21 bits per heavy atom. The number of nitrogens with zero attached hydrogens (tertiary/aromatic N) is 4. The first-order valence-electron chi connectivity index (χ1n) is 14.1. The Labute approximate surface area is 229 Å². The van der Waals surface area contributed by atoms with Crippen molar-refractivity contribution in [1.29, 1.82) is 0 Å². The van der Waals surface area contributed by atoms with Gasteiger partial charge in [-0.3, -0.25) is 19.1 Å². The molecule has 1 aromatic heterocycles. The van der Waals surface area contributed by atoms with E-state index in [1.807, 2.05) is 14.1 Å². The Balaban J connectivity index is 1.37. The molecule has 1 amide bonds. The largest absolute Gasteiger partial charge is 0.501 e. The van der Waals surface area contributed by atoms with Crippen molar-refractivity contribution in [2.24, 2.45) is 5.41 Å². The van der Waals surface area contributed by atoms with Crippen LogP contribution in [0.4, 0.5) is 4.39 Å². The lowest BCUT2D eigenvalue weighted by Crippen LogP contribution is -2.48. The summed E-state index contributed by atoms with van der Waals surface area (Å²) in [6, 6.07) is 4.61. The van der Waals surface area contributed by atoms with E-state index in [2.05, 4.69) is 20.4 Å². The number of carbonyl (C=O) groups excluding carboxylic acids is 1. The van der Waals surface area contributed by atoms with Crippen molar-refractivity contribution < 1.29 is 14.3 Å². The maximum atomic E-state index is 13.6. The third-order valence-corrected chi connectivity index (χ3v) is 9.22. The number of carbonyl (C=O) groups is 1. The third kappa shape index (κ3) is 5.34. The first kappa shape index (κ1) is 27.7. The molecule has 1 aromatic carbocycles. The molecule has 2 aromatic rings. The molecule has 4 aliphatic rings. The average Bonchev–Trinajstić information content (AvgIpc) is 3.12. The van der Waals surface area contributed by atoms with Crippen molar-refractivity contribution in [3.05, 3.63) is 57.0 Å². The molecule has 1 aliphatic carbocycles. The van der Waals surface area contributed by atoms with Crippen LogP contribution in [0.3, 0.4) is 0 Å². The van der Waals surface area contributed by atoms with Crippen LogP contribution in [0.2, 0.25) is 0 Å². The number of aryl methyl sites for hydroxylation is 1. The number of benzene rings is 1. The lowest BCUT2D eigenvalue weighted by molar-refractivity contribution is 0.0437. The van der Waals surface area contributed by atoms with Crippen molar-refractivity contribution in [2.45, 2.75) is 64.1 Å². The maximum absolute atomic E-state index is 13.6. The molecule has 1 saturated heterocycles. The van der Waals surface area contributed by atoms with Gasteiger partial charge in [-0.1, -0.05) is 12.1 Å². The molecular formula is C29H41FN6O3. The van der Waals surface area contributed by atoms with Crippen LogP contribution in [-0.2, 0) is 18.6 Å². The molecule has 212 valence electrons. The van der Waals surface area contributed by atoms with E-state index in [1.54, 1.807) is 23.6 Å². The van der Waals surface area contributed by atoms with Gasteiger partial charge in [0.05, 0.1) is 5.54 Å². The van der Waals surface area contributed by atoms with E-state index in [9.17, 15) is 19.1 Å². The monoisotopic (exact) mass is 540 g/mol. The van der Waals surface area contributed by atoms with Gasteiger partial charge in [-0.25, -0.2) is 9.37 Å². The van der Waals surface area contributed by atoms with Gasteiger partial charge in [0.1, 0.15) is 11.6 Å². The molecule has 2 fully saturated rings. The van der Waals surface area contributed by atoms with Crippen LogP contribution in [0.15, 0.2) is 23.0 Å². The van der Waals surface area contributed by atoms with Crippen molar-refractivity contribution in [3.63, 3.8) is 0 Å². The van der Waals surface area contributed by atoms with Crippen LogP contribution < -0.4 is 16.2 Å². The quantitative estimate of drug-likeness (QED) is 0.398. The Morgan fingerprint density at radius 2 is 1.95 bits per heavy atom. The number of aromatic hydroxyl groups is 1. The summed E-state index contributed by atoms with van der Waals surface area (Å²) in [5.41, 5.74) is -0.225. The lowest BCUT2D eigenvalue weighted by atomic mass is 9.68. The number of fused-ring (bicyclic) bond motifs is 2. The number of rotatable bonds is 10. The van der Waals surface area contributed by atoms with Gasteiger partial charge in [-0.15, -0.1) is 0 Å². The van der Waals surface area contributed by atoms with E-state index >= 15 is 0 Å². The smallest absolute Gasteiger partial charge is 0.296 e. The van der Waals surface area contributed by atoms with Crippen molar-refractivity contribution in [2.75, 3.05) is 46.8 Å². The molecule has 2 bridgehead atoms. The van der Waals surface area contributed by atoms with Crippen LogP contribution >= 0.6 is 0 Å². The topological polar surface area (TPSA) is 103 Å². The maximum Gasteiger partial charge on any atom is 0.296 e. The predicted molar refractivity (Wildman–Crippen MR) is 147 cm³/mol. The summed E-state index contributed by atoms with van der Waals surface area (Å²) in [7, 11) is 3.98. The minimum Gasteiger partial charge on any atom is -0.501 e. The summed E-state index contributed by atoms with van der Waals surface area (Å²) < 4.78 is 15.2. The zero-order valence-electron chi connectivity index (χ0n) is 23.4. The summed E-state index contributed by atoms with van der Waals surface area (Å²) in [5, 5.41) is 17.3. The zero-order valence-corrected chi connectivity index (χ0v) is 23.4. The Bertz CT molecular complexity index is 1280. The second-order valence-electron chi connectivity index (χ2n) is 11.9. The van der Waals surface area contributed by atoms with E-state index in [0.29, 0.717) is 17.9 Å². The highest BCUT2D eigenvalue weighted by molar-refractivity contribution is 5.94. The van der Waals surface area contributed by atoms with Crippen LogP contribution in [0.1, 0.15) is 66.0 Å². The Morgan fingerprint density at radius 3 is 2.59 bits per heavy atom. The molecule has 0 unspecified atom stereocenters. The fourth-order valence-corrected chi connectivity index (χ4v) is 6.47. The molecular weight excluding hydrogens is 499 g/mol. The van der Waals surface area contributed by atoms with E-state index in [-0.39, 0.29) is 23.5 Å². The predicted octanol–water partition coefficient (Wildman–Crippen LogP) is 2.34. The van der Waals surface area contributed by atoms with E-state index in [4.69, 9.17) is 4.98 Å². The summed E-state index contributed by atoms with van der Waals surface area (Å²) in [6.45, 7) is 7.54. The van der Waals surface area contributed by atoms with E-state index in [1.165, 1.54) is 25.6 Å². The number of halogens is 1. The molecule has 3 N–H and O–H groups in total. The van der Waals surface area contributed by atoms with Crippen LogP contribution in [0.25, 0.3) is 0 Å². The minimum absolute atomic E-state index is 0.107. The lowest BCUT2D eigenvalue weighted by Gasteiger charge is -2.45. The molecule has 3 aliphatic heterocycles. The molecule has 0 atom stereocenters. The minimum atomic E-state index is -0.626. The SMILES string of the molecule is Cc1cc(CNC(=O)c2nc3n(c(=O)c2O)CC2(CNCCCN4CCC4)CCC3(N(C)C)CC2)ccc1F. The summed E-state index contributed by atoms with van der Waals surface area (Å²) in [5.74, 6) is -1.01. The Kier molecular flexibility index (Phi) is 7.81. The van der Waals surface area contributed by atoms with Gasteiger partial charge in [-0.2, -0.15) is 0 Å². The van der Waals surface area contributed by atoms with Crippen LogP contribution in [0.5, 0.6) is 5.75 Å². The number of likely N-dealkylation sites (tertiary alicyclic amines) is 1. The normalized spacial score (nSPS) is 24.3. The molecule has 6 rings (SSSR count). The fourth-order valence-electron chi connectivity index (χ4n) is 6.47. The standard InChI is InChI=1S/C29H41FN6O3/c1-20-16-21(6-7-22(20)30)17-32-25(38)23-24(37)26(39)36-19-28(18-31-12-4-13-35-14-5-15-35)8-10-29(11-9-28,34(2)3)27(36)33-23/h6-7,16,31,37H,4-5,8-15,17-19H2,1-3H3,(H,32,38). The number of amides is 1. The molecule has 10 heteroatoms. The fraction of sp³-hybridized carbons (Fsp3) is 0.621. The van der Waals surface area contributed by atoms with E-state index in [0.717, 1.165) is 57.3 Å². The first-order valence-corrected chi connectivity index (χ1v) is 14.1. The second kappa shape index (κ2) is 11.0. The third-order valence-electron chi connectivity index (χ3n) is 9.22. The highest BCUT2D eigenvalue weighted by Crippen LogP contribution is 2.51. The van der Waals surface area contributed by atoms with E-state index < -0.39 is 22.8 Å². The molecule has 9 nitrogen and oxygen atoms in total. The molecule has 1 saturated carbocycles. The van der Waals surface area contributed by atoms with Crippen molar-refractivity contribution >= 4 is 5.91 Å². The highest BCUT2D eigenvalue weighted by atomic mass is 19.1. The van der Waals surface area contributed by atoms with Gasteiger partial charge in [0.25, 0.3) is 11.5 Å². The molecule has 4 heterocycles. The van der Waals surface area contributed by atoms with Gasteiger partial charge in [0, 0.05) is 25.0 Å². The first-order chi connectivity index (χ1) is 18.6. The van der Waals surface area contributed by atoms with Gasteiger partial charge in [0.2, 0.25) is 5.75 Å². The molecule has 39 heavy (non-hydrogen) atoms. The summed E-state index contributed by atoms with van der Waals surface area (Å²) in [6.07, 6.45) is 5.91. The number of hydrogen-bond donors (Lipinski definition) is 3. The van der Waals surface area contributed by atoms with Gasteiger partial charge < -0.3 is 20.6 Å². The van der Waals surface area contributed by atoms with Gasteiger partial charge >= 0.3 is 0 Å². The Hall–Kier alpha value is -2.82. The summed E-state index contributed by atoms with van der Waals surface area (Å²) in [4.78, 5) is 36.0. The second-order valence-corrected chi connectivity index (χ2v) is 11.9. The van der Waals surface area contributed by atoms with Crippen molar-refractivity contribution in [1.82, 2.24) is 30.0 Å². The van der Waals surface area contributed by atoms with Gasteiger partial charge in [-0.05, 0) is 103 Å². The van der Waals surface area contributed by atoms with Crippen LogP contribution in [-0.4, -0.2) is 77.2 Å². The molecule has 0 radical (unpaired) electrons. The zero-order chi connectivity index (χ0) is 27.8. The number of hydrogen-bond acceptors (Lipinski definition) is 7. The van der Waals surface area contributed by atoms with Gasteiger partial charge in [0.15, 0.2) is 5.69 Å². The number of nitrogens with one attached hydrogen (secondary N) is 2. The highest BCUT2D eigenvalue weighted by Gasteiger charge is 2.51. The van der Waals surface area contributed by atoms with Crippen molar-refractivity contribution in [3.8, 4) is 5.75 Å². The molecule has 0 spiro atoms.